The highest BCUT2D eigenvalue weighted by atomic mass is 35.5. The van der Waals surface area contributed by atoms with E-state index >= 15 is 0 Å². The van der Waals surface area contributed by atoms with Crippen LogP contribution in [-0.4, -0.2) is 34.8 Å². The highest BCUT2D eigenvalue weighted by Gasteiger charge is 2.67. The fraction of sp³-hybridized carbons (Fsp3) is 0.481. The minimum atomic E-state index is -0.844. The zero-order valence-electron chi connectivity index (χ0n) is 19.3. The standard InChI is InChI=1S/C27H32ClN3O2/c1-17(2)11-22-24-23-20(16-31(24)15-19-9-6-10-21(28)12-19)13-27(22,30-25(23)32)26(33)29-14-18-7-4-3-5-8-18/h3-10,12,17,20,22-24H,11,13-16H2,1-2H3,(H,29,33)(H,30,32). The maximum absolute atomic E-state index is 13.8. The number of piperidine rings is 2. The van der Waals surface area contributed by atoms with Crippen LogP contribution < -0.4 is 10.6 Å². The Morgan fingerprint density at radius 1 is 1.18 bits per heavy atom. The summed E-state index contributed by atoms with van der Waals surface area (Å²) in [6, 6.07) is 18.0. The molecule has 2 N–H and O–H groups in total. The zero-order chi connectivity index (χ0) is 23.2. The molecule has 4 bridgehead atoms. The van der Waals surface area contributed by atoms with Crippen molar-refractivity contribution in [2.75, 3.05) is 6.54 Å². The Balaban J connectivity index is 1.44. The Labute approximate surface area is 200 Å². The van der Waals surface area contributed by atoms with Crippen LogP contribution in [0.2, 0.25) is 5.02 Å². The van der Waals surface area contributed by atoms with E-state index < -0.39 is 5.54 Å². The third-order valence-electron chi connectivity index (χ3n) is 7.75. The first-order valence-electron chi connectivity index (χ1n) is 12.0. The number of benzene rings is 2. The smallest absolute Gasteiger partial charge is 0.246 e. The van der Waals surface area contributed by atoms with Crippen LogP contribution in [0.5, 0.6) is 0 Å². The van der Waals surface area contributed by atoms with Crippen molar-refractivity contribution in [2.45, 2.75) is 51.4 Å². The first kappa shape index (κ1) is 22.4. The summed E-state index contributed by atoms with van der Waals surface area (Å²) in [4.78, 5) is 29.4. The van der Waals surface area contributed by atoms with Crippen LogP contribution >= 0.6 is 11.6 Å². The van der Waals surface area contributed by atoms with E-state index in [4.69, 9.17) is 11.6 Å². The van der Waals surface area contributed by atoms with Crippen LogP contribution in [0.15, 0.2) is 54.6 Å². The van der Waals surface area contributed by atoms with Crippen molar-refractivity contribution in [2.24, 2.45) is 23.7 Å². The number of carbonyl (C=O) groups excluding carboxylic acids is 2. The number of fused-ring (bicyclic) bond motifs is 1. The number of nitrogens with one attached hydrogen (secondary N) is 2. The largest absolute Gasteiger partial charge is 0.350 e. The minimum absolute atomic E-state index is 0.0388. The van der Waals surface area contributed by atoms with Crippen molar-refractivity contribution in [1.29, 1.82) is 0 Å². The molecule has 1 saturated carbocycles. The van der Waals surface area contributed by atoms with E-state index in [2.05, 4.69) is 35.4 Å². The van der Waals surface area contributed by atoms with E-state index in [0.29, 0.717) is 18.9 Å². The molecule has 2 aromatic carbocycles. The van der Waals surface area contributed by atoms with Crippen molar-refractivity contribution in [3.8, 4) is 0 Å². The SMILES string of the molecule is CC(C)CC1C2C3C(=O)NC1(C(=O)NCc1ccccc1)CC3CN2Cc1cccc(Cl)c1. The molecule has 3 heterocycles. The molecule has 33 heavy (non-hydrogen) atoms. The Morgan fingerprint density at radius 2 is 1.94 bits per heavy atom. The van der Waals surface area contributed by atoms with Crippen molar-refractivity contribution in [1.82, 2.24) is 15.5 Å². The van der Waals surface area contributed by atoms with Gasteiger partial charge in [0.25, 0.3) is 0 Å². The second-order valence-electron chi connectivity index (χ2n) is 10.4. The average molecular weight is 466 g/mol. The highest BCUT2D eigenvalue weighted by Crippen LogP contribution is 2.54. The van der Waals surface area contributed by atoms with Gasteiger partial charge in [0.15, 0.2) is 0 Å². The van der Waals surface area contributed by atoms with Gasteiger partial charge in [-0.2, -0.15) is 0 Å². The molecule has 2 amide bonds. The number of rotatable bonds is 7. The molecule has 3 saturated heterocycles. The molecule has 4 fully saturated rings. The quantitative estimate of drug-likeness (QED) is 0.649. The summed E-state index contributed by atoms with van der Waals surface area (Å²) in [6.45, 7) is 6.47. The van der Waals surface area contributed by atoms with Crippen LogP contribution in [0.4, 0.5) is 0 Å². The molecular formula is C27H32ClN3O2. The van der Waals surface area contributed by atoms with Gasteiger partial charge in [-0.05, 0) is 47.9 Å². The molecule has 0 spiro atoms. The van der Waals surface area contributed by atoms with Crippen LogP contribution in [0.25, 0.3) is 0 Å². The van der Waals surface area contributed by atoms with Crippen molar-refractivity contribution >= 4 is 23.4 Å². The summed E-state index contributed by atoms with van der Waals surface area (Å²) < 4.78 is 0. The fourth-order valence-electron chi connectivity index (χ4n) is 6.55. The predicted molar refractivity (Wildman–Crippen MR) is 129 cm³/mol. The Hall–Kier alpha value is -2.37. The van der Waals surface area contributed by atoms with E-state index in [9.17, 15) is 9.59 Å². The number of hydrogen-bond donors (Lipinski definition) is 2. The molecule has 6 heteroatoms. The Bertz CT molecular complexity index is 1040. The minimum Gasteiger partial charge on any atom is -0.350 e. The van der Waals surface area contributed by atoms with Crippen LogP contribution in [0.1, 0.15) is 37.8 Å². The van der Waals surface area contributed by atoms with Gasteiger partial charge in [-0.15, -0.1) is 0 Å². The third-order valence-corrected chi connectivity index (χ3v) is 7.98. The lowest BCUT2D eigenvalue weighted by Crippen LogP contribution is -2.75. The van der Waals surface area contributed by atoms with Gasteiger partial charge in [-0.1, -0.05) is 67.9 Å². The Kier molecular flexibility index (Phi) is 5.96. The number of hydrogen-bond acceptors (Lipinski definition) is 3. The summed E-state index contributed by atoms with van der Waals surface area (Å²) in [5.41, 5.74) is 1.37. The van der Waals surface area contributed by atoms with Gasteiger partial charge in [0.2, 0.25) is 11.8 Å². The summed E-state index contributed by atoms with van der Waals surface area (Å²) in [6.07, 6.45) is 1.61. The summed E-state index contributed by atoms with van der Waals surface area (Å²) in [7, 11) is 0. The van der Waals surface area contributed by atoms with Crippen LogP contribution in [0.3, 0.4) is 0 Å². The van der Waals surface area contributed by atoms with Gasteiger partial charge in [0, 0.05) is 36.6 Å². The lowest BCUT2D eigenvalue weighted by atomic mass is 9.57. The molecule has 5 atom stereocenters. The molecule has 174 valence electrons. The van der Waals surface area contributed by atoms with Crippen molar-refractivity contribution < 1.29 is 9.59 Å². The summed E-state index contributed by atoms with van der Waals surface area (Å²) >= 11 is 6.24. The van der Waals surface area contributed by atoms with Crippen LogP contribution in [-0.2, 0) is 22.7 Å². The van der Waals surface area contributed by atoms with Gasteiger partial charge in [0.05, 0.1) is 5.92 Å². The Morgan fingerprint density at radius 3 is 2.67 bits per heavy atom. The molecule has 3 aliphatic heterocycles. The van der Waals surface area contributed by atoms with E-state index in [1.54, 1.807) is 0 Å². The van der Waals surface area contributed by atoms with E-state index in [1.807, 2.05) is 48.5 Å². The number of amides is 2. The number of nitrogens with zero attached hydrogens (tertiary/aromatic N) is 1. The maximum atomic E-state index is 13.8. The lowest BCUT2D eigenvalue weighted by molar-refractivity contribution is -0.155. The van der Waals surface area contributed by atoms with E-state index in [0.717, 1.165) is 35.7 Å². The summed E-state index contributed by atoms with van der Waals surface area (Å²) in [5.74, 6) is 0.666. The second kappa shape index (κ2) is 8.77. The van der Waals surface area contributed by atoms with E-state index in [1.165, 1.54) is 0 Å². The highest BCUT2D eigenvalue weighted by molar-refractivity contribution is 6.30. The first-order valence-corrected chi connectivity index (χ1v) is 12.4. The van der Waals surface area contributed by atoms with Gasteiger partial charge in [-0.3, -0.25) is 14.5 Å². The predicted octanol–water partition coefficient (Wildman–Crippen LogP) is 4.01. The molecule has 0 radical (unpaired) electrons. The monoisotopic (exact) mass is 465 g/mol. The van der Waals surface area contributed by atoms with Gasteiger partial charge in [-0.25, -0.2) is 0 Å². The van der Waals surface area contributed by atoms with Gasteiger partial charge < -0.3 is 10.6 Å². The first-order chi connectivity index (χ1) is 15.9. The molecule has 4 aliphatic rings. The van der Waals surface area contributed by atoms with Crippen molar-refractivity contribution in [3.05, 3.63) is 70.7 Å². The topological polar surface area (TPSA) is 61.4 Å². The molecule has 0 aromatic heterocycles. The molecule has 5 nitrogen and oxygen atoms in total. The van der Waals surface area contributed by atoms with Gasteiger partial charge >= 0.3 is 0 Å². The molecule has 2 aromatic rings. The second-order valence-corrected chi connectivity index (χ2v) is 10.8. The molecule has 5 unspecified atom stereocenters. The molecule has 1 aliphatic carbocycles. The third kappa shape index (κ3) is 4.06. The summed E-state index contributed by atoms with van der Waals surface area (Å²) in [5, 5.41) is 7.10. The van der Waals surface area contributed by atoms with Crippen LogP contribution in [0, 0.1) is 23.7 Å². The number of carbonyl (C=O) groups is 2. The fourth-order valence-corrected chi connectivity index (χ4v) is 6.77. The number of halogens is 1. The molecule has 6 rings (SSSR count). The van der Waals surface area contributed by atoms with Gasteiger partial charge in [0.1, 0.15) is 5.54 Å². The van der Waals surface area contributed by atoms with E-state index in [-0.39, 0.29) is 35.6 Å². The molecular weight excluding hydrogens is 434 g/mol. The normalized spacial score (nSPS) is 30.5. The maximum Gasteiger partial charge on any atom is 0.246 e. The average Bonchev–Trinajstić information content (AvgIpc) is 3.09. The number of likely N-dealkylation sites (tertiary alicyclic amines) is 1. The lowest BCUT2D eigenvalue weighted by Gasteiger charge is -2.55. The zero-order valence-corrected chi connectivity index (χ0v) is 20.0. The van der Waals surface area contributed by atoms with Crippen molar-refractivity contribution in [3.63, 3.8) is 0 Å².